The van der Waals surface area contributed by atoms with Crippen LogP contribution in [-0.2, 0) is 62.4 Å². The van der Waals surface area contributed by atoms with Crippen LogP contribution in [0.4, 0.5) is 105 Å². The first-order valence-electron chi connectivity index (χ1n) is 22.3. The molecule has 6 aromatic carbocycles. The van der Waals surface area contributed by atoms with Gasteiger partial charge in [-0.1, -0.05) is 91.0 Å². The van der Waals surface area contributed by atoms with E-state index in [0.29, 0.717) is 17.5 Å². The molecule has 0 bridgehead atoms. The lowest BCUT2D eigenvalue weighted by Crippen LogP contribution is -2.75. The fourth-order valence-electron chi connectivity index (χ4n) is 8.53. The maximum absolute atomic E-state index is 14.2. The van der Waals surface area contributed by atoms with Crippen LogP contribution in [0.1, 0.15) is 71.7 Å². The van der Waals surface area contributed by atoms with Crippen molar-refractivity contribution in [2.24, 2.45) is 0 Å². The van der Waals surface area contributed by atoms with Crippen LogP contribution >= 0.6 is 0 Å². The highest BCUT2D eigenvalue weighted by atomic mass is 19.4. The average Bonchev–Trinajstić information content (AvgIpc) is 2.95. The largest absolute Gasteiger partial charge is 0.416 e. The molecule has 1 heterocycles. The molecule has 0 saturated carbocycles. The van der Waals surface area contributed by atoms with E-state index in [9.17, 15) is 110 Å². The van der Waals surface area contributed by atoms with Gasteiger partial charge in [-0.3, -0.25) is 4.79 Å². The van der Waals surface area contributed by atoms with Gasteiger partial charge in [0.1, 0.15) is 11.8 Å². The van der Waals surface area contributed by atoms with E-state index in [1.54, 1.807) is 24.5 Å². The number of carbonyl (C=O) groups excluding carboxylic acids is 1. The molecule has 1 aromatic heterocycles. The number of ketones is 1. The van der Waals surface area contributed by atoms with E-state index >= 15 is 0 Å². The van der Waals surface area contributed by atoms with Gasteiger partial charge in [-0.2, -0.15) is 137 Å². The molecule has 0 fully saturated rings. The molecule has 0 unspecified atom stereocenters. The molecule has 7 aromatic rings. The van der Waals surface area contributed by atoms with Crippen molar-refractivity contribution in [3.05, 3.63) is 213 Å². The van der Waals surface area contributed by atoms with Gasteiger partial charge < -0.3 is 0 Å². The molecule has 0 saturated heterocycles. The van der Waals surface area contributed by atoms with Crippen LogP contribution in [-0.4, -0.2) is 16.9 Å². The van der Waals surface area contributed by atoms with Gasteiger partial charge >= 0.3 is 49.4 Å². The van der Waals surface area contributed by atoms with E-state index in [2.05, 4.69) is 11.1 Å². The third kappa shape index (κ3) is 14.9. The summed E-state index contributed by atoms with van der Waals surface area (Å²) >= 11 is 0. The number of Topliss-reactive ketones (excluding diaryl/α,β-unsaturated/α-hetero) is 1. The summed E-state index contributed by atoms with van der Waals surface area (Å²) in [5.41, 5.74) is -26.9. The fourth-order valence-corrected chi connectivity index (χ4v) is 8.53. The second-order valence-corrected chi connectivity index (χ2v) is 17.7. The number of hydrogen-bond donors (Lipinski definition) is 0. The Morgan fingerprint density at radius 3 is 1.00 bits per heavy atom. The van der Waals surface area contributed by atoms with Gasteiger partial charge in [0, 0.05) is 12.0 Å². The van der Waals surface area contributed by atoms with Crippen molar-refractivity contribution < 1.29 is 115 Å². The van der Waals surface area contributed by atoms with Gasteiger partial charge in [0.15, 0.2) is 12.4 Å². The SMILES string of the molecule is FC(F)(F)c1cc([B-](c2cc(C(F)(F)F)cc(C(F)(F)F)c2)(c2cc(C(F)(F)F)cc(C(F)(F)F)c2)c2cc(C(F)(F)F)cc(C(F)(F)F)c2)cc(C(F)(F)F)c1.N#Cc1ccc(Cc2c[n+](CC(=O)c3ccccc3)ccn2)cc1. The Kier molecular flexibility index (Phi) is 17.0. The Morgan fingerprint density at radius 1 is 0.432 bits per heavy atom. The summed E-state index contributed by atoms with van der Waals surface area (Å²) in [4.78, 5) is 16.6. The zero-order valence-electron chi connectivity index (χ0n) is 39.7. The lowest BCUT2D eigenvalue weighted by molar-refractivity contribution is -0.684. The fraction of sp³-hybridized carbons (Fsp3) is 0.192. The number of benzene rings is 6. The first-order valence-corrected chi connectivity index (χ1v) is 22.3. The number of nitriles is 1. The molecule has 0 aliphatic heterocycles. The molecule has 0 spiro atoms. The number of alkyl halides is 24. The molecular weight excluding hydrogens is 1150 g/mol. The van der Waals surface area contributed by atoms with E-state index in [-0.39, 0.29) is 12.3 Å². The van der Waals surface area contributed by atoms with Crippen LogP contribution < -0.4 is 26.4 Å². The second kappa shape index (κ2) is 22.1. The van der Waals surface area contributed by atoms with Crippen molar-refractivity contribution in [2.45, 2.75) is 62.4 Å². The molecule has 0 aliphatic rings. The van der Waals surface area contributed by atoms with Gasteiger partial charge in [-0.05, 0) is 42.0 Å². The summed E-state index contributed by atoms with van der Waals surface area (Å²) in [5, 5.41) is 8.83. The smallest absolute Gasteiger partial charge is 0.287 e. The molecule has 81 heavy (non-hydrogen) atoms. The van der Waals surface area contributed by atoms with Gasteiger partial charge in [0.05, 0.1) is 62.3 Å². The van der Waals surface area contributed by atoms with Gasteiger partial charge in [-0.25, -0.2) is 4.98 Å². The first kappa shape index (κ1) is 62.1. The summed E-state index contributed by atoms with van der Waals surface area (Å²) in [6, 6.07) is 10.00. The van der Waals surface area contributed by atoms with Gasteiger partial charge in [-0.15, -0.1) is 0 Å². The number of halogens is 24. The predicted molar refractivity (Wildman–Crippen MR) is 239 cm³/mol. The molecule has 4 nitrogen and oxygen atoms in total. The first-order chi connectivity index (χ1) is 37.0. The number of hydrogen-bond acceptors (Lipinski definition) is 3. The molecule has 7 rings (SSSR count). The molecular formula is C52H28BF24N3O. The molecule has 0 atom stereocenters. The van der Waals surface area contributed by atoms with Crippen molar-refractivity contribution in [3.63, 3.8) is 0 Å². The standard InChI is InChI=1S/C32H12BF24.C20H16N3O/c34-25(35,36)13-1-14(26(37,38)39)6-21(5-13)33(22-7-15(27(40,41)42)2-16(8-22)28(43,44)45,23-9-17(29(46,47)48)3-18(10-23)30(49,50)51)24-11-19(31(52,53)54)4-20(12-24)32(55,56)57;21-13-17-8-6-16(7-9-17)12-19-14-23(11-10-22-19)15-20(24)18-4-2-1-3-5-18/h1-12H;1-11,14H,12,15H2/q-1;+1. The maximum atomic E-state index is 14.2. The molecule has 29 heteroatoms. The second-order valence-electron chi connectivity index (χ2n) is 17.7. The van der Waals surface area contributed by atoms with Crippen LogP contribution in [0, 0.1) is 11.3 Å². The Labute approximate surface area is 439 Å². The summed E-state index contributed by atoms with van der Waals surface area (Å²) < 4.78 is 343. The van der Waals surface area contributed by atoms with Crippen LogP contribution in [0.3, 0.4) is 0 Å². The van der Waals surface area contributed by atoms with E-state index in [4.69, 9.17) is 5.26 Å². The summed E-state index contributed by atoms with van der Waals surface area (Å²) in [6.07, 6.45) is -48.8. The van der Waals surface area contributed by atoms with Crippen molar-refractivity contribution in [1.29, 1.82) is 5.26 Å². The quantitative estimate of drug-likeness (QED) is 0.0626. The predicted octanol–water partition coefficient (Wildman–Crippen LogP) is 13.9. The molecule has 0 amide bonds. The van der Waals surface area contributed by atoms with Crippen LogP contribution in [0.15, 0.2) is 146 Å². The summed E-state index contributed by atoms with van der Waals surface area (Å²) in [5.74, 6) is 0.0659. The van der Waals surface area contributed by atoms with E-state index in [1.165, 1.54) is 0 Å². The Balaban J connectivity index is 0.000000363. The molecule has 0 radical (unpaired) electrons. The van der Waals surface area contributed by atoms with Crippen LogP contribution in [0.5, 0.6) is 0 Å². The summed E-state index contributed by atoms with van der Waals surface area (Å²) in [7, 11) is 0. The minimum atomic E-state index is -6.13. The summed E-state index contributed by atoms with van der Waals surface area (Å²) in [6.45, 7) is 0.285. The number of aromatic nitrogens is 2. The van der Waals surface area contributed by atoms with Crippen molar-refractivity contribution in [2.75, 3.05) is 0 Å². The Morgan fingerprint density at radius 2 is 0.728 bits per heavy atom. The number of rotatable bonds is 9. The van der Waals surface area contributed by atoms with Crippen molar-refractivity contribution >= 4 is 33.8 Å². The Hall–Kier alpha value is -8.06. The molecule has 0 aliphatic carbocycles. The monoisotopic (exact) mass is 1180 g/mol. The van der Waals surface area contributed by atoms with Gasteiger partial charge in [0.25, 0.3) is 0 Å². The third-order valence-corrected chi connectivity index (χ3v) is 12.1. The normalized spacial score (nSPS) is 13.1. The minimum absolute atomic E-state index is 0.0659. The van der Waals surface area contributed by atoms with Crippen LogP contribution in [0.2, 0.25) is 0 Å². The lowest BCUT2D eigenvalue weighted by Gasteiger charge is -2.46. The average molecular weight is 1180 g/mol. The van der Waals surface area contributed by atoms with Crippen LogP contribution in [0.25, 0.3) is 0 Å². The van der Waals surface area contributed by atoms with E-state index in [1.807, 2.05) is 53.2 Å². The highest BCUT2D eigenvalue weighted by Crippen LogP contribution is 2.41. The van der Waals surface area contributed by atoms with Gasteiger partial charge in [0.2, 0.25) is 12.3 Å². The number of carbonyl (C=O) groups is 1. The topological polar surface area (TPSA) is 57.6 Å². The minimum Gasteiger partial charge on any atom is -0.287 e. The van der Waals surface area contributed by atoms with Crippen molar-refractivity contribution in [1.82, 2.24) is 4.98 Å². The molecule has 0 N–H and O–H groups in total. The van der Waals surface area contributed by atoms with E-state index in [0.717, 1.165) is 11.3 Å². The third-order valence-electron chi connectivity index (χ3n) is 12.1. The maximum Gasteiger partial charge on any atom is 0.416 e. The highest BCUT2D eigenvalue weighted by Gasteiger charge is 2.47. The zero-order chi connectivity index (χ0) is 60.7. The van der Waals surface area contributed by atoms with Crippen molar-refractivity contribution in [3.8, 4) is 6.07 Å². The zero-order valence-corrected chi connectivity index (χ0v) is 39.7. The number of nitrogens with zero attached hydrogens (tertiary/aromatic N) is 3. The molecule has 428 valence electrons. The highest BCUT2D eigenvalue weighted by molar-refractivity contribution is 7.20. The lowest BCUT2D eigenvalue weighted by atomic mass is 9.12. The van der Waals surface area contributed by atoms with E-state index < -0.39 is 195 Å². The Bertz CT molecular complexity index is 3020.